The largest absolute Gasteiger partial charge is 0.382 e. The zero-order valence-electron chi connectivity index (χ0n) is 12.5. The number of hydrogen-bond donors (Lipinski definition) is 1. The number of methoxy groups -OCH3 is 1. The molecule has 0 atom stereocenters. The summed E-state index contributed by atoms with van der Waals surface area (Å²) in [5, 5.41) is 3.56. The lowest BCUT2D eigenvalue weighted by atomic mass is 9.99. The molecule has 21 heavy (non-hydrogen) atoms. The zero-order chi connectivity index (χ0) is 14.8. The third-order valence-corrected chi connectivity index (χ3v) is 3.29. The van der Waals surface area contributed by atoms with Crippen LogP contribution in [0.1, 0.15) is 17.2 Å². The van der Waals surface area contributed by atoms with Gasteiger partial charge in [-0.15, -0.1) is 0 Å². The first-order valence-corrected chi connectivity index (χ1v) is 7.32. The van der Waals surface area contributed by atoms with Gasteiger partial charge in [0.05, 0.1) is 25.9 Å². The van der Waals surface area contributed by atoms with Crippen LogP contribution < -0.4 is 5.32 Å². The Bertz CT molecular complexity index is 448. The first-order chi connectivity index (χ1) is 10.4. The summed E-state index contributed by atoms with van der Waals surface area (Å²) in [5.74, 6) is 0. The van der Waals surface area contributed by atoms with Crippen LogP contribution in [0.15, 0.2) is 60.7 Å². The minimum absolute atomic E-state index is 0.193. The van der Waals surface area contributed by atoms with Gasteiger partial charge in [-0.1, -0.05) is 60.7 Å². The number of rotatable bonds is 9. The highest BCUT2D eigenvalue weighted by molar-refractivity contribution is 5.31. The highest BCUT2D eigenvalue weighted by Gasteiger charge is 2.12. The van der Waals surface area contributed by atoms with Crippen molar-refractivity contribution >= 4 is 0 Å². The van der Waals surface area contributed by atoms with Crippen LogP contribution in [0.3, 0.4) is 0 Å². The van der Waals surface area contributed by atoms with Crippen molar-refractivity contribution in [2.45, 2.75) is 6.04 Å². The summed E-state index contributed by atoms with van der Waals surface area (Å²) in [7, 11) is 1.68. The molecule has 0 aromatic heterocycles. The maximum absolute atomic E-state index is 5.51. The van der Waals surface area contributed by atoms with Crippen LogP contribution in [0.4, 0.5) is 0 Å². The summed E-state index contributed by atoms with van der Waals surface area (Å²) in [4.78, 5) is 0. The topological polar surface area (TPSA) is 30.5 Å². The van der Waals surface area contributed by atoms with Crippen LogP contribution in [0.2, 0.25) is 0 Å². The molecule has 0 aliphatic rings. The van der Waals surface area contributed by atoms with Crippen molar-refractivity contribution in [1.29, 1.82) is 0 Å². The Morgan fingerprint density at radius 1 is 0.810 bits per heavy atom. The fraction of sp³-hybridized carbons (Fsp3) is 0.333. The average molecular weight is 285 g/mol. The van der Waals surface area contributed by atoms with E-state index < -0.39 is 0 Å². The van der Waals surface area contributed by atoms with Gasteiger partial charge in [-0.3, -0.25) is 0 Å². The normalized spacial score (nSPS) is 11.0. The molecule has 0 aliphatic heterocycles. The zero-order valence-corrected chi connectivity index (χ0v) is 12.5. The molecule has 0 bridgehead atoms. The second-order valence-corrected chi connectivity index (χ2v) is 4.81. The van der Waals surface area contributed by atoms with Gasteiger partial charge in [-0.25, -0.2) is 0 Å². The van der Waals surface area contributed by atoms with Crippen molar-refractivity contribution in [3.05, 3.63) is 71.8 Å². The lowest BCUT2D eigenvalue weighted by molar-refractivity contribution is 0.0714. The summed E-state index contributed by atoms with van der Waals surface area (Å²) < 4.78 is 10.5. The van der Waals surface area contributed by atoms with E-state index in [1.807, 2.05) is 12.1 Å². The van der Waals surface area contributed by atoms with E-state index in [2.05, 4.69) is 53.8 Å². The maximum atomic E-state index is 5.51. The van der Waals surface area contributed by atoms with E-state index in [4.69, 9.17) is 9.47 Å². The summed E-state index contributed by atoms with van der Waals surface area (Å²) >= 11 is 0. The minimum Gasteiger partial charge on any atom is -0.382 e. The molecule has 2 aromatic rings. The van der Waals surface area contributed by atoms with Crippen LogP contribution >= 0.6 is 0 Å². The highest BCUT2D eigenvalue weighted by atomic mass is 16.5. The molecule has 0 aliphatic carbocycles. The fourth-order valence-electron chi connectivity index (χ4n) is 2.24. The van der Waals surface area contributed by atoms with Gasteiger partial charge in [0.1, 0.15) is 0 Å². The molecule has 112 valence electrons. The summed E-state index contributed by atoms with van der Waals surface area (Å²) in [6.45, 7) is 2.76. The number of nitrogens with one attached hydrogen (secondary N) is 1. The van der Waals surface area contributed by atoms with Crippen LogP contribution in [-0.2, 0) is 9.47 Å². The molecule has 0 radical (unpaired) electrons. The second-order valence-electron chi connectivity index (χ2n) is 4.81. The van der Waals surface area contributed by atoms with Gasteiger partial charge in [-0.2, -0.15) is 0 Å². The third kappa shape index (κ3) is 5.31. The van der Waals surface area contributed by atoms with Gasteiger partial charge < -0.3 is 14.8 Å². The van der Waals surface area contributed by atoms with Gasteiger partial charge in [0.15, 0.2) is 0 Å². The van der Waals surface area contributed by atoms with E-state index in [9.17, 15) is 0 Å². The van der Waals surface area contributed by atoms with Crippen molar-refractivity contribution in [2.75, 3.05) is 33.5 Å². The molecule has 0 spiro atoms. The lowest BCUT2D eigenvalue weighted by Gasteiger charge is -2.20. The molecule has 2 rings (SSSR count). The Balaban J connectivity index is 1.94. The molecule has 0 fully saturated rings. The van der Waals surface area contributed by atoms with Gasteiger partial charge >= 0.3 is 0 Å². The van der Waals surface area contributed by atoms with E-state index in [1.165, 1.54) is 11.1 Å². The Hall–Kier alpha value is -1.68. The van der Waals surface area contributed by atoms with Gasteiger partial charge in [0, 0.05) is 13.7 Å². The second kappa shape index (κ2) is 9.29. The third-order valence-electron chi connectivity index (χ3n) is 3.29. The van der Waals surface area contributed by atoms with Crippen molar-refractivity contribution in [3.8, 4) is 0 Å². The fourth-order valence-corrected chi connectivity index (χ4v) is 2.24. The molecule has 3 heteroatoms. The Labute approximate surface area is 126 Å². The Kier molecular flexibility index (Phi) is 6.95. The predicted octanol–water partition coefficient (Wildman–Crippen LogP) is 3.03. The van der Waals surface area contributed by atoms with E-state index in [-0.39, 0.29) is 6.04 Å². The molecule has 3 nitrogen and oxygen atoms in total. The molecule has 2 aromatic carbocycles. The number of hydrogen-bond acceptors (Lipinski definition) is 3. The summed E-state index contributed by atoms with van der Waals surface area (Å²) in [5.41, 5.74) is 2.53. The van der Waals surface area contributed by atoms with E-state index >= 15 is 0 Å². The van der Waals surface area contributed by atoms with E-state index in [1.54, 1.807) is 7.11 Å². The van der Waals surface area contributed by atoms with Crippen molar-refractivity contribution < 1.29 is 9.47 Å². The predicted molar refractivity (Wildman–Crippen MR) is 85.4 cm³/mol. The molecular weight excluding hydrogens is 262 g/mol. The van der Waals surface area contributed by atoms with Crippen molar-refractivity contribution in [1.82, 2.24) is 5.32 Å². The summed E-state index contributed by atoms with van der Waals surface area (Å²) in [6, 6.07) is 21.2. The molecule has 0 saturated heterocycles. The van der Waals surface area contributed by atoms with E-state index in [0.29, 0.717) is 19.8 Å². The van der Waals surface area contributed by atoms with E-state index in [0.717, 1.165) is 6.54 Å². The quantitative estimate of drug-likeness (QED) is 0.718. The monoisotopic (exact) mass is 285 g/mol. The Morgan fingerprint density at radius 3 is 1.90 bits per heavy atom. The maximum Gasteiger partial charge on any atom is 0.0700 e. The average Bonchev–Trinajstić information content (AvgIpc) is 2.56. The minimum atomic E-state index is 0.193. The van der Waals surface area contributed by atoms with Crippen LogP contribution in [0.25, 0.3) is 0 Å². The molecule has 0 heterocycles. The molecule has 0 unspecified atom stereocenters. The first-order valence-electron chi connectivity index (χ1n) is 7.32. The molecule has 0 saturated carbocycles. The summed E-state index contributed by atoms with van der Waals surface area (Å²) in [6.07, 6.45) is 0. The lowest BCUT2D eigenvalue weighted by Crippen LogP contribution is -2.26. The standard InChI is InChI=1S/C18H23NO2/c1-20-14-15-21-13-12-19-18(16-8-4-2-5-9-16)17-10-6-3-7-11-17/h2-11,18-19H,12-15H2,1H3. The van der Waals surface area contributed by atoms with Crippen LogP contribution in [0.5, 0.6) is 0 Å². The smallest absolute Gasteiger partial charge is 0.0700 e. The highest BCUT2D eigenvalue weighted by Crippen LogP contribution is 2.21. The van der Waals surface area contributed by atoms with Crippen LogP contribution in [0, 0.1) is 0 Å². The van der Waals surface area contributed by atoms with Gasteiger partial charge in [0.25, 0.3) is 0 Å². The SMILES string of the molecule is COCCOCCNC(c1ccccc1)c1ccccc1. The molecule has 0 amide bonds. The first kappa shape index (κ1) is 15.7. The van der Waals surface area contributed by atoms with Crippen molar-refractivity contribution in [2.24, 2.45) is 0 Å². The van der Waals surface area contributed by atoms with Gasteiger partial charge in [0.2, 0.25) is 0 Å². The van der Waals surface area contributed by atoms with Crippen molar-refractivity contribution in [3.63, 3.8) is 0 Å². The molecule has 1 N–H and O–H groups in total. The Morgan fingerprint density at radius 2 is 1.38 bits per heavy atom. The van der Waals surface area contributed by atoms with Gasteiger partial charge in [-0.05, 0) is 11.1 Å². The molecular formula is C18H23NO2. The van der Waals surface area contributed by atoms with Crippen LogP contribution in [-0.4, -0.2) is 33.5 Å². The number of ether oxygens (including phenoxy) is 2. The number of benzene rings is 2.